The molecule has 5 rings (SSSR count). The minimum atomic E-state index is -1.03. The standard InChI is InChI=1S/C33H44O7/c1-21-15-22(2)17-29(35)33-31(40-33)19-30(39-32(36)12-6-10-25-9-5-11-27(16-21)38-25)28(34)14-13-26-18-23-7-3-4-8-24(23)20-37-26/h3-9,12-14,21-22,25-31,33-35H,10-11,15-20H2,1-2H3/b12-6-,14-13+/t21?,22?,25?,26?,27?,28?,29-,30?,31-,33?/m0/s1. The minimum absolute atomic E-state index is 0.0707. The van der Waals surface area contributed by atoms with Crippen LogP contribution in [0.25, 0.3) is 0 Å². The molecule has 2 bridgehead atoms. The summed E-state index contributed by atoms with van der Waals surface area (Å²) in [5.41, 5.74) is 2.42. The van der Waals surface area contributed by atoms with E-state index in [1.54, 1.807) is 12.2 Å². The van der Waals surface area contributed by atoms with E-state index in [4.69, 9.17) is 18.9 Å². The molecule has 0 aromatic heterocycles. The van der Waals surface area contributed by atoms with Crippen molar-refractivity contribution in [1.29, 1.82) is 0 Å². The molecule has 1 aromatic rings. The highest BCUT2D eigenvalue weighted by Gasteiger charge is 2.47. The fourth-order valence-electron chi connectivity index (χ4n) is 6.40. The molecule has 1 fully saturated rings. The van der Waals surface area contributed by atoms with Gasteiger partial charge in [-0.15, -0.1) is 0 Å². The maximum atomic E-state index is 12.8. The third kappa shape index (κ3) is 8.14. The molecule has 0 aliphatic carbocycles. The first-order chi connectivity index (χ1) is 19.3. The fourth-order valence-corrected chi connectivity index (χ4v) is 6.40. The number of hydrogen-bond donors (Lipinski definition) is 2. The van der Waals surface area contributed by atoms with Crippen molar-refractivity contribution >= 4 is 5.97 Å². The molecule has 1 aromatic carbocycles. The average molecular weight is 553 g/mol. The van der Waals surface area contributed by atoms with Gasteiger partial charge in [-0.25, -0.2) is 4.79 Å². The fraction of sp³-hybridized carbons (Fsp3) is 0.606. The SMILES string of the molecule is CC1CC(C)C[C@H](O)C2O[C@H]2CC(C(O)/C=C/C2Cc3ccccc3CO2)OC(=O)/C=C\CC2C=CCC(C1)O2. The highest BCUT2D eigenvalue weighted by molar-refractivity contribution is 5.82. The van der Waals surface area contributed by atoms with Crippen LogP contribution in [0.15, 0.2) is 60.7 Å². The van der Waals surface area contributed by atoms with Crippen LogP contribution in [0.1, 0.15) is 63.5 Å². The van der Waals surface area contributed by atoms with E-state index in [1.165, 1.54) is 17.2 Å². The number of hydrogen-bond acceptors (Lipinski definition) is 7. The molecule has 0 saturated carbocycles. The van der Waals surface area contributed by atoms with Crippen LogP contribution in [-0.4, -0.2) is 65.0 Å². The number of rotatable bonds is 3. The number of carbonyl (C=O) groups excluding carboxylic acids is 1. The summed E-state index contributed by atoms with van der Waals surface area (Å²) >= 11 is 0. The Balaban J connectivity index is 1.26. The van der Waals surface area contributed by atoms with E-state index >= 15 is 0 Å². The normalized spacial score (nSPS) is 38.8. The maximum Gasteiger partial charge on any atom is 0.330 e. The molecule has 10 atom stereocenters. The molecule has 7 nitrogen and oxygen atoms in total. The van der Waals surface area contributed by atoms with Gasteiger partial charge in [0.1, 0.15) is 18.3 Å². The number of ether oxygens (including phenoxy) is 4. The highest BCUT2D eigenvalue weighted by atomic mass is 16.6. The van der Waals surface area contributed by atoms with Crippen LogP contribution >= 0.6 is 0 Å². The Hall–Kier alpha value is -2.29. The number of aliphatic hydroxyl groups excluding tert-OH is 2. The molecule has 40 heavy (non-hydrogen) atoms. The van der Waals surface area contributed by atoms with Crippen molar-refractivity contribution in [2.45, 2.75) is 114 Å². The van der Waals surface area contributed by atoms with E-state index < -0.39 is 24.3 Å². The van der Waals surface area contributed by atoms with Crippen LogP contribution in [0.4, 0.5) is 0 Å². The van der Waals surface area contributed by atoms with E-state index in [1.807, 2.05) is 18.2 Å². The Morgan fingerprint density at radius 2 is 1.77 bits per heavy atom. The average Bonchev–Trinajstić information content (AvgIpc) is 3.70. The molecule has 0 radical (unpaired) electrons. The summed E-state index contributed by atoms with van der Waals surface area (Å²) in [7, 11) is 0. The van der Waals surface area contributed by atoms with E-state index in [0.717, 1.165) is 25.7 Å². The second-order valence-electron chi connectivity index (χ2n) is 12.1. The van der Waals surface area contributed by atoms with Gasteiger partial charge in [0.25, 0.3) is 0 Å². The van der Waals surface area contributed by atoms with Crippen LogP contribution in [0.3, 0.4) is 0 Å². The Morgan fingerprint density at radius 1 is 0.975 bits per heavy atom. The first-order valence-electron chi connectivity index (χ1n) is 14.9. The van der Waals surface area contributed by atoms with E-state index in [-0.39, 0.29) is 30.5 Å². The monoisotopic (exact) mass is 552 g/mol. The predicted molar refractivity (Wildman–Crippen MR) is 151 cm³/mol. The summed E-state index contributed by atoms with van der Waals surface area (Å²) < 4.78 is 23.8. The molecule has 0 amide bonds. The first-order valence-corrected chi connectivity index (χ1v) is 14.9. The molecule has 7 heteroatoms. The molecule has 0 spiro atoms. The van der Waals surface area contributed by atoms with Crippen LogP contribution in [0, 0.1) is 11.8 Å². The third-order valence-corrected chi connectivity index (χ3v) is 8.48. The second-order valence-corrected chi connectivity index (χ2v) is 12.1. The number of fused-ring (bicyclic) bond motifs is 4. The maximum absolute atomic E-state index is 12.8. The number of cyclic esters (lactones) is 1. The summed E-state index contributed by atoms with van der Waals surface area (Å²) in [5.74, 6) is 0.305. The molecular weight excluding hydrogens is 508 g/mol. The van der Waals surface area contributed by atoms with Crippen molar-refractivity contribution in [1.82, 2.24) is 0 Å². The summed E-state index contributed by atoms with van der Waals surface area (Å²) in [5, 5.41) is 21.9. The zero-order valence-electron chi connectivity index (χ0n) is 23.6. The van der Waals surface area contributed by atoms with Gasteiger partial charge in [-0.1, -0.05) is 68.5 Å². The molecule has 4 heterocycles. The zero-order chi connectivity index (χ0) is 28.1. The van der Waals surface area contributed by atoms with Crippen LogP contribution in [-0.2, 0) is 36.8 Å². The number of carbonyl (C=O) groups is 1. The number of benzene rings is 1. The molecule has 218 valence electrons. The summed E-state index contributed by atoms with van der Waals surface area (Å²) in [6.45, 7) is 4.95. The molecule has 4 aliphatic rings. The van der Waals surface area contributed by atoms with Gasteiger partial charge in [-0.3, -0.25) is 0 Å². The molecule has 1 saturated heterocycles. The molecule has 2 N–H and O–H groups in total. The first kappa shape index (κ1) is 29.2. The Morgan fingerprint density at radius 3 is 2.62 bits per heavy atom. The quantitative estimate of drug-likeness (QED) is 0.322. The van der Waals surface area contributed by atoms with Gasteiger partial charge in [0.2, 0.25) is 0 Å². The molecule has 4 aliphatic heterocycles. The van der Waals surface area contributed by atoms with Crippen molar-refractivity contribution in [3.8, 4) is 0 Å². The number of epoxide rings is 1. The lowest BCUT2D eigenvalue weighted by atomic mass is 9.87. The van der Waals surface area contributed by atoms with Gasteiger partial charge >= 0.3 is 5.97 Å². The largest absolute Gasteiger partial charge is 0.456 e. The Labute approximate surface area is 237 Å². The minimum Gasteiger partial charge on any atom is -0.456 e. The lowest BCUT2D eigenvalue weighted by Crippen LogP contribution is -2.33. The van der Waals surface area contributed by atoms with E-state index in [9.17, 15) is 15.0 Å². The van der Waals surface area contributed by atoms with Crippen LogP contribution in [0.5, 0.6) is 0 Å². The van der Waals surface area contributed by atoms with Crippen molar-refractivity contribution in [2.75, 3.05) is 0 Å². The summed E-state index contributed by atoms with van der Waals surface area (Å²) in [6.07, 6.45) is 13.0. The van der Waals surface area contributed by atoms with Gasteiger partial charge in [0.15, 0.2) is 0 Å². The zero-order valence-corrected chi connectivity index (χ0v) is 23.6. The van der Waals surface area contributed by atoms with Crippen molar-refractivity contribution in [3.05, 3.63) is 71.8 Å². The highest BCUT2D eigenvalue weighted by Crippen LogP contribution is 2.35. The van der Waals surface area contributed by atoms with E-state index in [2.05, 4.69) is 38.1 Å². The molecular formula is C33H44O7. The topological polar surface area (TPSA) is 97.8 Å². The van der Waals surface area contributed by atoms with Crippen LogP contribution in [0.2, 0.25) is 0 Å². The molecule has 8 unspecified atom stereocenters. The third-order valence-electron chi connectivity index (χ3n) is 8.48. The lowest BCUT2D eigenvalue weighted by molar-refractivity contribution is -0.148. The van der Waals surface area contributed by atoms with Gasteiger partial charge < -0.3 is 29.2 Å². The summed E-state index contributed by atoms with van der Waals surface area (Å²) in [4.78, 5) is 12.8. The second kappa shape index (κ2) is 13.6. The van der Waals surface area contributed by atoms with Crippen molar-refractivity contribution in [3.63, 3.8) is 0 Å². The van der Waals surface area contributed by atoms with Crippen LogP contribution < -0.4 is 0 Å². The smallest absolute Gasteiger partial charge is 0.330 e. The summed E-state index contributed by atoms with van der Waals surface area (Å²) in [6, 6.07) is 8.19. The Bertz CT molecular complexity index is 1080. The van der Waals surface area contributed by atoms with Gasteiger partial charge in [-0.2, -0.15) is 0 Å². The Kier molecular flexibility index (Phi) is 9.92. The van der Waals surface area contributed by atoms with Gasteiger partial charge in [-0.05, 0) is 55.1 Å². The van der Waals surface area contributed by atoms with Crippen molar-refractivity contribution in [2.24, 2.45) is 11.8 Å². The van der Waals surface area contributed by atoms with E-state index in [0.29, 0.717) is 37.7 Å². The van der Waals surface area contributed by atoms with Gasteiger partial charge in [0, 0.05) is 18.9 Å². The number of aliphatic hydroxyl groups is 2. The number of esters is 1. The predicted octanol–water partition coefficient (Wildman–Crippen LogP) is 4.59. The van der Waals surface area contributed by atoms with Crippen molar-refractivity contribution < 1.29 is 34.0 Å². The van der Waals surface area contributed by atoms with Gasteiger partial charge in [0.05, 0.1) is 37.1 Å². The lowest BCUT2D eigenvalue weighted by Gasteiger charge is -2.29.